The first kappa shape index (κ1) is 12.6. The minimum Gasteiger partial charge on any atom is -0.383 e. The van der Waals surface area contributed by atoms with E-state index in [2.05, 4.69) is 51.2 Å². The SMILES string of the molecule is Cc1cccc(NCC(C#N)C(C)C)c1C. The van der Waals surface area contributed by atoms with Gasteiger partial charge < -0.3 is 5.32 Å². The lowest BCUT2D eigenvalue weighted by molar-refractivity contribution is 0.496. The number of nitriles is 1. The molecular formula is C14H20N2. The molecule has 0 saturated heterocycles. The van der Waals surface area contributed by atoms with Gasteiger partial charge in [-0.3, -0.25) is 0 Å². The van der Waals surface area contributed by atoms with E-state index in [1.807, 2.05) is 6.07 Å². The maximum Gasteiger partial charge on any atom is 0.0677 e. The zero-order valence-corrected chi connectivity index (χ0v) is 10.5. The highest BCUT2D eigenvalue weighted by atomic mass is 14.9. The number of hydrogen-bond donors (Lipinski definition) is 1. The Morgan fingerprint density at radius 3 is 2.56 bits per heavy atom. The van der Waals surface area contributed by atoms with Crippen molar-refractivity contribution in [1.29, 1.82) is 5.26 Å². The molecule has 0 radical (unpaired) electrons. The normalized spacial score (nSPS) is 12.2. The first-order chi connectivity index (χ1) is 7.56. The van der Waals surface area contributed by atoms with Gasteiger partial charge in [0.05, 0.1) is 12.0 Å². The van der Waals surface area contributed by atoms with Gasteiger partial charge in [-0.1, -0.05) is 26.0 Å². The topological polar surface area (TPSA) is 35.8 Å². The fourth-order valence-corrected chi connectivity index (χ4v) is 1.59. The van der Waals surface area contributed by atoms with Crippen LogP contribution in [0.25, 0.3) is 0 Å². The van der Waals surface area contributed by atoms with Gasteiger partial charge in [0.25, 0.3) is 0 Å². The molecule has 0 aliphatic carbocycles. The van der Waals surface area contributed by atoms with Crippen LogP contribution in [0.1, 0.15) is 25.0 Å². The Labute approximate surface area is 98.3 Å². The Bertz CT molecular complexity index is 388. The summed E-state index contributed by atoms with van der Waals surface area (Å²) in [5.41, 5.74) is 3.69. The summed E-state index contributed by atoms with van der Waals surface area (Å²) in [6, 6.07) is 8.55. The van der Waals surface area contributed by atoms with Crippen LogP contribution in [0.3, 0.4) is 0 Å². The molecule has 86 valence electrons. The number of nitrogens with one attached hydrogen (secondary N) is 1. The minimum absolute atomic E-state index is 0.0694. The largest absolute Gasteiger partial charge is 0.383 e. The van der Waals surface area contributed by atoms with Crippen molar-refractivity contribution in [3.8, 4) is 6.07 Å². The summed E-state index contributed by atoms with van der Waals surface area (Å²) >= 11 is 0. The Kier molecular flexibility index (Phi) is 4.37. The van der Waals surface area contributed by atoms with Gasteiger partial charge >= 0.3 is 0 Å². The van der Waals surface area contributed by atoms with Crippen LogP contribution >= 0.6 is 0 Å². The number of benzene rings is 1. The summed E-state index contributed by atoms with van der Waals surface area (Å²) in [5, 5.41) is 12.4. The van der Waals surface area contributed by atoms with Gasteiger partial charge in [0, 0.05) is 12.2 Å². The summed E-state index contributed by atoms with van der Waals surface area (Å²) in [4.78, 5) is 0. The van der Waals surface area contributed by atoms with E-state index in [1.54, 1.807) is 0 Å². The Morgan fingerprint density at radius 2 is 2.00 bits per heavy atom. The molecule has 1 N–H and O–H groups in total. The number of nitrogens with zero attached hydrogens (tertiary/aromatic N) is 1. The van der Waals surface area contributed by atoms with Gasteiger partial charge in [-0.2, -0.15) is 5.26 Å². The molecule has 0 aromatic heterocycles. The van der Waals surface area contributed by atoms with E-state index in [9.17, 15) is 0 Å². The molecule has 0 fully saturated rings. The molecule has 0 amide bonds. The van der Waals surface area contributed by atoms with Crippen molar-refractivity contribution >= 4 is 5.69 Å². The van der Waals surface area contributed by atoms with Crippen LogP contribution in [0.2, 0.25) is 0 Å². The zero-order valence-electron chi connectivity index (χ0n) is 10.5. The van der Waals surface area contributed by atoms with Crippen molar-refractivity contribution in [3.05, 3.63) is 29.3 Å². The second-order valence-electron chi connectivity index (χ2n) is 4.61. The Morgan fingerprint density at radius 1 is 1.31 bits per heavy atom. The van der Waals surface area contributed by atoms with Gasteiger partial charge in [0.2, 0.25) is 0 Å². The zero-order chi connectivity index (χ0) is 12.1. The minimum atomic E-state index is 0.0694. The van der Waals surface area contributed by atoms with E-state index in [-0.39, 0.29) is 5.92 Å². The molecule has 2 heteroatoms. The highest BCUT2D eigenvalue weighted by molar-refractivity contribution is 5.53. The van der Waals surface area contributed by atoms with Crippen LogP contribution in [0, 0.1) is 37.0 Å². The molecular weight excluding hydrogens is 196 g/mol. The lowest BCUT2D eigenvalue weighted by Crippen LogP contribution is -2.18. The van der Waals surface area contributed by atoms with E-state index in [0.717, 1.165) is 12.2 Å². The van der Waals surface area contributed by atoms with E-state index in [4.69, 9.17) is 5.26 Å². The quantitative estimate of drug-likeness (QED) is 0.836. The van der Waals surface area contributed by atoms with Crippen LogP contribution in [0.4, 0.5) is 5.69 Å². The molecule has 1 rings (SSSR count). The summed E-state index contributed by atoms with van der Waals surface area (Å²) in [6.07, 6.45) is 0. The molecule has 1 aromatic rings. The molecule has 0 spiro atoms. The van der Waals surface area contributed by atoms with Gasteiger partial charge in [0.1, 0.15) is 0 Å². The van der Waals surface area contributed by atoms with E-state index >= 15 is 0 Å². The monoisotopic (exact) mass is 216 g/mol. The van der Waals surface area contributed by atoms with Crippen LogP contribution in [0.15, 0.2) is 18.2 Å². The maximum atomic E-state index is 9.01. The van der Waals surface area contributed by atoms with Crippen molar-refractivity contribution in [2.45, 2.75) is 27.7 Å². The number of rotatable bonds is 4. The van der Waals surface area contributed by atoms with Crippen molar-refractivity contribution in [2.75, 3.05) is 11.9 Å². The molecule has 1 aromatic carbocycles. The summed E-state index contributed by atoms with van der Waals surface area (Å²) < 4.78 is 0. The second-order valence-corrected chi connectivity index (χ2v) is 4.61. The van der Waals surface area contributed by atoms with Crippen LogP contribution < -0.4 is 5.32 Å². The summed E-state index contributed by atoms with van der Waals surface area (Å²) in [7, 11) is 0. The first-order valence-electron chi connectivity index (χ1n) is 5.76. The lowest BCUT2D eigenvalue weighted by atomic mass is 9.97. The standard InChI is InChI=1S/C14H20N2/c1-10(2)13(8-15)9-16-14-7-5-6-11(3)12(14)4/h5-7,10,13,16H,9H2,1-4H3. The molecule has 0 aliphatic rings. The Hall–Kier alpha value is -1.49. The van der Waals surface area contributed by atoms with Gasteiger partial charge in [-0.25, -0.2) is 0 Å². The maximum absolute atomic E-state index is 9.01. The number of hydrogen-bond acceptors (Lipinski definition) is 2. The van der Waals surface area contributed by atoms with Crippen LogP contribution in [-0.4, -0.2) is 6.54 Å². The predicted octanol–water partition coefficient (Wildman–Crippen LogP) is 3.51. The molecule has 1 atom stereocenters. The third kappa shape index (κ3) is 3.00. The highest BCUT2D eigenvalue weighted by Gasteiger charge is 2.12. The van der Waals surface area contributed by atoms with Crippen molar-refractivity contribution in [3.63, 3.8) is 0 Å². The average molecular weight is 216 g/mol. The van der Waals surface area contributed by atoms with Crippen molar-refractivity contribution in [2.24, 2.45) is 11.8 Å². The third-order valence-corrected chi connectivity index (χ3v) is 3.09. The molecule has 0 bridgehead atoms. The van der Waals surface area contributed by atoms with E-state index in [1.165, 1.54) is 11.1 Å². The number of aryl methyl sites for hydroxylation is 1. The second kappa shape index (κ2) is 5.55. The fraction of sp³-hybridized carbons (Fsp3) is 0.500. The first-order valence-corrected chi connectivity index (χ1v) is 5.76. The van der Waals surface area contributed by atoms with Crippen molar-refractivity contribution < 1.29 is 0 Å². The van der Waals surface area contributed by atoms with Gasteiger partial charge in [0.15, 0.2) is 0 Å². The van der Waals surface area contributed by atoms with E-state index in [0.29, 0.717) is 5.92 Å². The predicted molar refractivity (Wildman–Crippen MR) is 68.3 cm³/mol. The summed E-state index contributed by atoms with van der Waals surface area (Å²) in [5.74, 6) is 0.461. The van der Waals surface area contributed by atoms with E-state index < -0.39 is 0 Å². The molecule has 1 unspecified atom stereocenters. The van der Waals surface area contributed by atoms with Crippen molar-refractivity contribution in [1.82, 2.24) is 0 Å². The fourth-order valence-electron chi connectivity index (χ4n) is 1.59. The summed E-state index contributed by atoms with van der Waals surface area (Å²) in [6.45, 7) is 9.09. The molecule has 16 heavy (non-hydrogen) atoms. The van der Waals surface area contributed by atoms with Gasteiger partial charge in [-0.05, 0) is 37.0 Å². The highest BCUT2D eigenvalue weighted by Crippen LogP contribution is 2.19. The molecule has 0 heterocycles. The van der Waals surface area contributed by atoms with Gasteiger partial charge in [-0.15, -0.1) is 0 Å². The number of anilines is 1. The molecule has 0 saturated carbocycles. The Balaban J connectivity index is 2.68. The molecule has 2 nitrogen and oxygen atoms in total. The smallest absolute Gasteiger partial charge is 0.0677 e. The lowest BCUT2D eigenvalue weighted by Gasteiger charge is -2.16. The van der Waals surface area contributed by atoms with Crippen LogP contribution in [0.5, 0.6) is 0 Å². The average Bonchev–Trinajstić information content (AvgIpc) is 2.24. The van der Waals surface area contributed by atoms with Crippen LogP contribution in [-0.2, 0) is 0 Å². The third-order valence-electron chi connectivity index (χ3n) is 3.09. The molecule has 0 aliphatic heterocycles.